The predicted molar refractivity (Wildman–Crippen MR) is 70.0 cm³/mol. The van der Waals surface area contributed by atoms with E-state index in [4.69, 9.17) is 14.7 Å². The Morgan fingerprint density at radius 3 is 0.897 bits per heavy atom. The standard InChI is InChI=1S/C6H20N2O12P4.5Na/c9-21(10,11)3-7(4-22(12,13)14)1-2-8(5-23(15,16)17)6-24(18,19)20;;;;;/h1-6H2,(H2,9,10,11)(H2,12,13,14)(H2,15,16,17)(H2,18,19,20);;;;;/q;5*+1/p-5. The van der Waals surface area contributed by atoms with Crippen molar-refractivity contribution in [2.24, 2.45) is 0 Å². The fourth-order valence-electron chi connectivity index (χ4n) is 1.66. The third kappa shape index (κ3) is 35.8. The summed E-state index contributed by atoms with van der Waals surface area (Å²) in [6, 6.07) is 0. The smallest absolute Gasteiger partial charge is 0.810 e. The van der Waals surface area contributed by atoms with E-state index in [-0.39, 0.29) is 148 Å². The van der Waals surface area contributed by atoms with Gasteiger partial charge in [-0.05, 0) is 0 Å². The van der Waals surface area contributed by atoms with Gasteiger partial charge in [0.1, 0.15) is 22.8 Å². The van der Waals surface area contributed by atoms with Crippen LogP contribution < -0.4 is 172 Å². The zero-order valence-corrected chi connectivity index (χ0v) is 30.5. The Morgan fingerprint density at radius 2 is 0.724 bits per heavy atom. The van der Waals surface area contributed by atoms with Crippen molar-refractivity contribution < 1.29 is 205 Å². The van der Waals surface area contributed by atoms with Crippen molar-refractivity contribution in [1.82, 2.24) is 9.80 Å². The van der Waals surface area contributed by atoms with Crippen LogP contribution in [0.5, 0.6) is 0 Å². The third-order valence-corrected chi connectivity index (χ3v) is 5.26. The molecule has 0 bridgehead atoms. The molecule has 0 rings (SSSR count). The Balaban J connectivity index is -0.000000264. The van der Waals surface area contributed by atoms with Crippen LogP contribution in [0.4, 0.5) is 0 Å². The monoisotopic (exact) mass is 546 g/mol. The molecule has 0 saturated heterocycles. The predicted octanol–water partition coefficient (Wildman–Crippen LogP) is -20.0. The van der Waals surface area contributed by atoms with Crippen LogP contribution >= 0.6 is 30.4 Å². The average Bonchev–Trinajstić information content (AvgIpc) is 2.16. The van der Waals surface area contributed by atoms with Crippen LogP contribution in [-0.4, -0.2) is 62.7 Å². The molecule has 0 aromatic rings. The topological polar surface area (TPSA) is 251 Å². The van der Waals surface area contributed by atoms with Crippen molar-refractivity contribution in [3.63, 3.8) is 0 Å². The summed E-state index contributed by atoms with van der Waals surface area (Å²) < 4.78 is 43.1. The van der Waals surface area contributed by atoms with Gasteiger partial charge in [-0.2, -0.15) is 0 Å². The van der Waals surface area contributed by atoms with Gasteiger partial charge in [-0.3, -0.25) is 9.80 Å². The molecule has 0 amide bonds. The van der Waals surface area contributed by atoms with Gasteiger partial charge in [-0.15, -0.1) is 0 Å². The van der Waals surface area contributed by atoms with Crippen LogP contribution in [0.1, 0.15) is 0 Å². The van der Waals surface area contributed by atoms with Gasteiger partial charge in [0.15, 0.2) is 0 Å². The van der Waals surface area contributed by atoms with Gasteiger partial charge < -0.3 is 57.4 Å². The van der Waals surface area contributed by atoms with Crippen molar-refractivity contribution >= 4 is 30.4 Å². The summed E-state index contributed by atoms with van der Waals surface area (Å²) in [7, 11) is -20.3. The Morgan fingerprint density at radius 1 is 0.517 bits per heavy atom. The summed E-state index contributed by atoms with van der Waals surface area (Å²) >= 11 is 0. The molecule has 0 aliphatic heterocycles. The van der Waals surface area contributed by atoms with Crippen LogP contribution in [0, 0.1) is 0 Å². The molecule has 3 unspecified atom stereocenters. The Hall–Kier alpha value is 5.52. The first-order chi connectivity index (χ1) is 10.4. The SMILES string of the molecule is O=P([O-])([O-])CN(CCN(CP(=O)([O-])O)CP(=O)([O-])O)CP(=O)([O-])O.[Na+].[Na+].[Na+].[Na+].[Na+]. The minimum absolute atomic E-state index is 0. The Bertz CT molecular complexity index is 506. The van der Waals surface area contributed by atoms with Crippen molar-refractivity contribution in [3.05, 3.63) is 0 Å². The molecule has 14 nitrogen and oxygen atoms in total. The van der Waals surface area contributed by atoms with Gasteiger partial charge in [0.05, 0.1) is 18.9 Å². The summed E-state index contributed by atoms with van der Waals surface area (Å²) in [4.78, 5) is 80.8. The molecular weight excluding hydrogens is 531 g/mol. The molecule has 0 heterocycles. The second kappa shape index (κ2) is 20.6. The van der Waals surface area contributed by atoms with E-state index in [1.54, 1.807) is 0 Å². The molecule has 0 aliphatic carbocycles. The van der Waals surface area contributed by atoms with Gasteiger partial charge in [0.25, 0.3) is 0 Å². The molecule has 0 aromatic heterocycles. The summed E-state index contributed by atoms with van der Waals surface area (Å²) in [5.74, 6) is 0. The van der Waals surface area contributed by atoms with Crippen LogP contribution in [0.15, 0.2) is 0 Å². The van der Waals surface area contributed by atoms with Gasteiger partial charge in [-0.25, -0.2) is 0 Å². The van der Waals surface area contributed by atoms with E-state index >= 15 is 0 Å². The Kier molecular flexibility index (Phi) is 33.8. The molecule has 0 fully saturated rings. The normalized spacial score (nSPS) is 17.0. The fraction of sp³-hybridized carbons (Fsp3) is 1.00. The van der Waals surface area contributed by atoms with Gasteiger partial charge >= 0.3 is 148 Å². The van der Waals surface area contributed by atoms with Crippen LogP contribution in [0.3, 0.4) is 0 Å². The maximum Gasteiger partial charge on any atom is 1.00 e. The first-order valence-corrected chi connectivity index (χ1v) is 12.9. The minimum Gasteiger partial charge on any atom is -0.810 e. The van der Waals surface area contributed by atoms with E-state index in [9.17, 15) is 42.7 Å². The molecule has 0 aromatic carbocycles. The van der Waals surface area contributed by atoms with E-state index in [0.29, 0.717) is 9.80 Å². The second-order valence-corrected chi connectivity index (χ2v) is 11.1. The molecule has 0 spiro atoms. The van der Waals surface area contributed by atoms with Crippen molar-refractivity contribution in [3.8, 4) is 0 Å². The van der Waals surface area contributed by atoms with E-state index in [2.05, 4.69) is 0 Å². The molecule has 0 radical (unpaired) electrons. The second-order valence-electron chi connectivity index (χ2n) is 4.88. The molecule has 0 aliphatic rings. The Labute approximate surface area is 278 Å². The molecule has 3 N–H and O–H groups in total. The van der Waals surface area contributed by atoms with Crippen LogP contribution in [-0.2, 0) is 18.3 Å². The zero-order valence-electron chi connectivity index (χ0n) is 16.9. The molecule has 0 saturated carbocycles. The van der Waals surface area contributed by atoms with Gasteiger partial charge in [0, 0.05) is 19.4 Å². The van der Waals surface area contributed by atoms with E-state index in [0.717, 1.165) is 0 Å². The van der Waals surface area contributed by atoms with Crippen LogP contribution in [0.25, 0.3) is 0 Å². The average molecular weight is 546 g/mol. The first kappa shape index (κ1) is 47.7. The zero-order chi connectivity index (χ0) is 19.4. The maximum atomic E-state index is 10.8. The molecule has 23 heteroatoms. The number of nitrogens with zero attached hydrogens (tertiary/aromatic N) is 2. The number of hydrogen-bond donors (Lipinski definition) is 3. The molecule has 3 atom stereocenters. The number of rotatable bonds is 11. The third-order valence-electron chi connectivity index (χ3n) is 2.24. The van der Waals surface area contributed by atoms with E-state index in [1.807, 2.05) is 0 Å². The fourth-order valence-corrected chi connectivity index (χ4v) is 4.95. The van der Waals surface area contributed by atoms with Gasteiger partial charge in [-0.1, -0.05) is 7.60 Å². The largest absolute Gasteiger partial charge is 1.00 e. The van der Waals surface area contributed by atoms with Gasteiger partial charge in [0.2, 0.25) is 0 Å². The summed E-state index contributed by atoms with van der Waals surface area (Å²) in [6.45, 7) is -1.35. The van der Waals surface area contributed by atoms with E-state index in [1.165, 1.54) is 0 Å². The van der Waals surface area contributed by atoms with E-state index < -0.39 is 68.6 Å². The first-order valence-electron chi connectivity index (χ1n) is 5.91. The summed E-state index contributed by atoms with van der Waals surface area (Å²) in [5, 5.41) is 0. The van der Waals surface area contributed by atoms with Crippen molar-refractivity contribution in [2.45, 2.75) is 0 Å². The molecule has 29 heavy (non-hydrogen) atoms. The minimum atomic E-state index is -5.25. The molecular formula is C6H15N2Na5O12P4. The van der Waals surface area contributed by atoms with Crippen molar-refractivity contribution in [1.29, 1.82) is 0 Å². The maximum absolute atomic E-state index is 10.8. The number of hydrogen-bond acceptors (Lipinski definition) is 11. The van der Waals surface area contributed by atoms with Crippen LogP contribution in [0.2, 0.25) is 0 Å². The quantitative estimate of drug-likeness (QED) is 0.161. The molecule has 146 valence electrons. The van der Waals surface area contributed by atoms with Crippen molar-refractivity contribution in [2.75, 3.05) is 38.2 Å². The summed E-state index contributed by atoms with van der Waals surface area (Å²) in [5.41, 5.74) is 0. The summed E-state index contributed by atoms with van der Waals surface area (Å²) in [6.07, 6.45) is -5.09.